The number of likely N-dealkylation sites (tertiary alicyclic amines) is 2. The number of nitrogens with zero attached hydrogens (tertiary/aromatic N) is 5. The fourth-order valence-electron chi connectivity index (χ4n) is 10.6. The number of nitrogens with one attached hydrogen (secondary N) is 3. The van der Waals surface area contributed by atoms with Gasteiger partial charge in [-0.05, 0) is 85.5 Å². The molecule has 10 rings (SSSR count). The van der Waals surface area contributed by atoms with Gasteiger partial charge < -0.3 is 54.3 Å². The number of carbonyl (C=O) groups is 1. The summed E-state index contributed by atoms with van der Waals surface area (Å²) in [6.45, 7) is 10.3. The lowest BCUT2D eigenvalue weighted by Crippen LogP contribution is -2.55. The van der Waals surface area contributed by atoms with Gasteiger partial charge in [-0.2, -0.15) is 0 Å². The van der Waals surface area contributed by atoms with Crippen molar-refractivity contribution in [2.24, 2.45) is 17.6 Å². The molecular weight excluding hydrogens is 930 g/mol. The van der Waals surface area contributed by atoms with Gasteiger partial charge in [0.1, 0.15) is 41.8 Å². The van der Waals surface area contributed by atoms with E-state index >= 15 is 4.39 Å². The first-order chi connectivity index (χ1) is 35.4. The van der Waals surface area contributed by atoms with Crippen LogP contribution in [0.2, 0.25) is 0 Å². The van der Waals surface area contributed by atoms with Crippen molar-refractivity contribution >= 4 is 16.8 Å². The summed E-state index contributed by atoms with van der Waals surface area (Å²) < 4.78 is 43.2. The zero-order valence-corrected chi connectivity index (χ0v) is 42.0. The second kappa shape index (κ2) is 21.6. The Morgan fingerprint density at radius 3 is 2.36 bits per heavy atom. The molecule has 7 N–H and O–H groups in total. The average molecular weight is 996 g/mol. The molecule has 7 unspecified atom stereocenters. The van der Waals surface area contributed by atoms with Crippen molar-refractivity contribution < 1.29 is 38.3 Å². The number of hydrogen-bond donors (Lipinski definition) is 6. The minimum absolute atomic E-state index is 0.0000191. The fraction of sp³-hybridized carbons (Fsp3) is 0.411. The predicted octanol–water partition coefficient (Wildman–Crippen LogP) is 8.40. The first-order valence-electron chi connectivity index (χ1n) is 25.4. The Balaban J connectivity index is 0.965. The third-order valence-electron chi connectivity index (χ3n) is 14.6. The second-order valence-corrected chi connectivity index (χ2v) is 20.1. The highest BCUT2D eigenvalue weighted by molar-refractivity contribution is 5.92. The summed E-state index contributed by atoms with van der Waals surface area (Å²) in [6, 6.07) is 27.7. The summed E-state index contributed by atoms with van der Waals surface area (Å²) in [4.78, 5) is 33.8. The van der Waals surface area contributed by atoms with Crippen molar-refractivity contribution in [3.63, 3.8) is 0 Å². The number of hydrogen-bond acceptors (Lipinski definition) is 12. The van der Waals surface area contributed by atoms with E-state index in [0.29, 0.717) is 72.7 Å². The molecule has 0 radical (unpaired) electrons. The molecule has 73 heavy (non-hydrogen) atoms. The van der Waals surface area contributed by atoms with Crippen LogP contribution in [0.1, 0.15) is 94.5 Å². The highest BCUT2D eigenvalue weighted by Crippen LogP contribution is 2.48. The van der Waals surface area contributed by atoms with Crippen LogP contribution in [0.15, 0.2) is 103 Å². The minimum Gasteiger partial charge on any atom is -0.491 e. The first-order valence-corrected chi connectivity index (χ1v) is 25.4. The molecule has 2 saturated heterocycles. The van der Waals surface area contributed by atoms with Gasteiger partial charge in [-0.25, -0.2) is 14.4 Å². The van der Waals surface area contributed by atoms with Crippen LogP contribution in [-0.2, 0) is 20.9 Å². The van der Waals surface area contributed by atoms with Crippen LogP contribution in [0.25, 0.3) is 44.7 Å². The van der Waals surface area contributed by atoms with Crippen molar-refractivity contribution in [1.29, 1.82) is 0 Å². The molecule has 3 aliphatic heterocycles. The topological polar surface area (TPSA) is 201 Å². The van der Waals surface area contributed by atoms with Crippen LogP contribution in [-0.4, -0.2) is 109 Å². The van der Waals surface area contributed by atoms with E-state index in [0.717, 1.165) is 64.8 Å². The van der Waals surface area contributed by atoms with E-state index in [4.69, 9.17) is 34.6 Å². The van der Waals surface area contributed by atoms with Crippen molar-refractivity contribution in [3.8, 4) is 45.3 Å². The molecule has 3 aliphatic rings. The molecule has 1 amide bonds. The van der Waals surface area contributed by atoms with E-state index in [2.05, 4.69) is 21.4 Å². The van der Waals surface area contributed by atoms with Crippen molar-refractivity contribution in [3.05, 3.63) is 132 Å². The maximum Gasteiger partial charge on any atom is 0.240 e. The van der Waals surface area contributed by atoms with Crippen LogP contribution in [0.3, 0.4) is 0 Å². The molecule has 0 spiro atoms. The smallest absolute Gasteiger partial charge is 0.240 e. The summed E-state index contributed by atoms with van der Waals surface area (Å²) >= 11 is 0. The van der Waals surface area contributed by atoms with E-state index in [1.54, 1.807) is 6.20 Å². The third-order valence-corrected chi connectivity index (χ3v) is 14.6. The van der Waals surface area contributed by atoms with Crippen molar-refractivity contribution in [2.45, 2.75) is 103 Å². The summed E-state index contributed by atoms with van der Waals surface area (Å²) in [7, 11) is 1.41. The quantitative estimate of drug-likeness (QED) is 0.0334. The molecule has 2 fully saturated rings. The van der Waals surface area contributed by atoms with Crippen molar-refractivity contribution in [2.75, 3.05) is 33.4 Å². The molecule has 3 aromatic heterocycles. The molecule has 0 bridgehead atoms. The van der Waals surface area contributed by atoms with Crippen LogP contribution >= 0.6 is 0 Å². The van der Waals surface area contributed by atoms with Gasteiger partial charge >= 0.3 is 0 Å². The lowest BCUT2D eigenvalue weighted by atomic mass is 10.0. The Morgan fingerprint density at radius 1 is 0.863 bits per heavy atom. The van der Waals surface area contributed by atoms with Gasteiger partial charge in [0.2, 0.25) is 18.5 Å². The standard InChI is InChI=1S/C56H66FN9O7/c1-32(2)49(58)53(67)64-20-10-16-44(64)51-60-30-42(62-51)37-26-40(57)48-46-27-38-24-35(41-29-59-52(61-41)45-17-11-21-65(45)54(68)50(33(3)4)63-56(69)70-5)18-19-43(38)66(46)55(73-47(48)28-37)36-14-9-15-39(25-36)72-23-22-71-31-34-12-7-6-8-13-34/h6-9,12-15,18-19,24-30,32-33,44-45,49-50,54-56,63,68-69H,10-11,16-17,20-23,31,58H2,1-5H3,(H,59,61)(H,60,62). The average Bonchev–Trinajstić information content (AvgIpc) is 4.27. The van der Waals surface area contributed by atoms with Gasteiger partial charge in [0, 0.05) is 42.3 Å². The number of ether oxygens (including phenoxy) is 4. The number of carbonyl (C=O) groups excluding carboxylic acids is 1. The molecule has 4 aromatic carbocycles. The van der Waals surface area contributed by atoms with E-state index in [9.17, 15) is 15.0 Å². The highest BCUT2D eigenvalue weighted by Gasteiger charge is 2.39. The summed E-state index contributed by atoms with van der Waals surface area (Å²) in [5.41, 5.74) is 12.8. The summed E-state index contributed by atoms with van der Waals surface area (Å²) in [5, 5.41) is 25.7. The number of imidazole rings is 2. The van der Waals surface area contributed by atoms with Crippen LogP contribution in [0.4, 0.5) is 4.39 Å². The molecular formula is C56H66FN9O7. The Kier molecular flexibility index (Phi) is 14.8. The maximum absolute atomic E-state index is 17.0. The van der Waals surface area contributed by atoms with Gasteiger partial charge in [0.05, 0.1) is 77.9 Å². The Labute approximate surface area is 424 Å². The second-order valence-electron chi connectivity index (χ2n) is 20.1. The van der Waals surface area contributed by atoms with Gasteiger partial charge in [0.25, 0.3) is 0 Å². The molecule has 16 nitrogen and oxygen atoms in total. The van der Waals surface area contributed by atoms with E-state index in [1.807, 2.05) is 127 Å². The van der Waals surface area contributed by atoms with Gasteiger partial charge in [-0.1, -0.05) is 76.2 Å². The SMILES string of the molecule is COC(O)NC(C(C)C)C(O)N1CCCC1c1ncc(-c2ccc3c(c2)cc2n3C(c3cccc(OCCOCc4ccccc4)c3)Oc3cc(-c4cnc(C5CCCN5C(=O)C(N)C(C)C)[nH]4)cc(F)c3-2)[nH]1. The number of H-pyrrole nitrogens is 2. The number of nitrogens with two attached hydrogens (primary N) is 1. The predicted molar refractivity (Wildman–Crippen MR) is 275 cm³/mol. The maximum atomic E-state index is 17.0. The number of aromatic nitrogens is 5. The number of aliphatic hydroxyl groups excluding tert-OH is 2. The largest absolute Gasteiger partial charge is 0.491 e. The van der Waals surface area contributed by atoms with Gasteiger partial charge in [-0.3, -0.25) is 15.0 Å². The zero-order valence-electron chi connectivity index (χ0n) is 42.0. The van der Waals surface area contributed by atoms with Crippen LogP contribution < -0.4 is 20.5 Å². The van der Waals surface area contributed by atoms with Gasteiger partial charge in [0.15, 0.2) is 0 Å². The molecule has 0 aliphatic carbocycles. The molecule has 7 atom stereocenters. The molecule has 384 valence electrons. The monoisotopic (exact) mass is 996 g/mol. The van der Waals surface area contributed by atoms with Crippen LogP contribution in [0, 0.1) is 17.7 Å². The number of aromatic amines is 2. The number of rotatable bonds is 19. The number of fused-ring (bicyclic) bond motifs is 5. The molecule has 7 aromatic rings. The Hall–Kier alpha value is -6.44. The Morgan fingerprint density at radius 2 is 1.60 bits per heavy atom. The van der Waals surface area contributed by atoms with E-state index < -0.39 is 36.8 Å². The molecule has 6 heterocycles. The third kappa shape index (κ3) is 10.3. The minimum atomic E-state index is -1.21. The number of amides is 1. The fourth-order valence-corrected chi connectivity index (χ4v) is 10.6. The molecule has 0 saturated carbocycles. The Bertz CT molecular complexity index is 3030. The number of halogens is 1. The number of aliphatic hydroxyl groups is 2. The lowest BCUT2D eigenvalue weighted by molar-refractivity contribution is -0.134. The number of benzene rings is 4. The van der Waals surface area contributed by atoms with Crippen molar-refractivity contribution in [1.82, 2.24) is 39.6 Å². The lowest BCUT2D eigenvalue weighted by Gasteiger charge is -2.37. The van der Waals surface area contributed by atoms with Gasteiger partial charge in [-0.15, -0.1) is 0 Å². The normalized spacial score (nSPS) is 19.5. The van der Waals surface area contributed by atoms with Crippen LogP contribution in [0.5, 0.6) is 11.5 Å². The highest BCUT2D eigenvalue weighted by atomic mass is 19.1. The van der Waals surface area contributed by atoms with E-state index in [1.165, 1.54) is 13.2 Å². The van der Waals surface area contributed by atoms with E-state index in [-0.39, 0.29) is 29.8 Å². The summed E-state index contributed by atoms with van der Waals surface area (Å²) in [5.74, 6) is 1.80. The first kappa shape index (κ1) is 50.1. The molecule has 17 heteroatoms. The number of methoxy groups -OCH3 is 1. The summed E-state index contributed by atoms with van der Waals surface area (Å²) in [6.07, 6.45) is 3.91. The zero-order chi connectivity index (χ0) is 50.9.